The van der Waals surface area contributed by atoms with E-state index in [4.69, 9.17) is 5.73 Å². The lowest BCUT2D eigenvalue weighted by Gasteiger charge is -2.45. The van der Waals surface area contributed by atoms with Gasteiger partial charge in [0.05, 0.1) is 5.54 Å². The molecular weight excluding hydrogens is 376 g/mol. The Kier molecular flexibility index (Phi) is 5.88. The predicted molar refractivity (Wildman–Crippen MR) is 117 cm³/mol. The van der Waals surface area contributed by atoms with Crippen molar-refractivity contribution in [2.45, 2.75) is 31.3 Å². The number of nitrogens with two attached hydrogens (primary N) is 1. The number of nitrogens with one attached hydrogen (secondary N) is 2. The Morgan fingerprint density at radius 3 is 2.57 bits per heavy atom. The van der Waals surface area contributed by atoms with Crippen LogP contribution in [0.5, 0.6) is 0 Å². The molecule has 2 aromatic carbocycles. The molecular formula is C24H30N4O2. The summed E-state index contributed by atoms with van der Waals surface area (Å²) in [4.78, 5) is 27.1. The standard InChI is InChI=1S/C24H30N4O2/c1-17(29)27-24-12-14-28(23(30)20-9-7-18(8-10-20)11-13-25)15-21(24)22(26-16-24)19-5-3-2-4-6-19/h2-10,21-22,26H,11-16,25H2,1H3,(H,27,29)/t21-,22-,24-/m1/s1. The second-order valence-corrected chi connectivity index (χ2v) is 8.45. The molecule has 0 bridgehead atoms. The van der Waals surface area contributed by atoms with Crippen molar-refractivity contribution in [2.24, 2.45) is 11.7 Å². The normalized spacial score (nSPS) is 25.6. The Balaban J connectivity index is 1.57. The second-order valence-electron chi connectivity index (χ2n) is 8.45. The van der Waals surface area contributed by atoms with E-state index in [1.165, 1.54) is 5.56 Å². The highest BCUT2D eigenvalue weighted by molar-refractivity contribution is 5.94. The summed E-state index contributed by atoms with van der Waals surface area (Å²) in [5, 5.41) is 6.84. The number of rotatable bonds is 5. The van der Waals surface area contributed by atoms with Crippen LogP contribution in [0.1, 0.15) is 40.9 Å². The molecule has 158 valence electrons. The highest BCUT2D eigenvalue weighted by Crippen LogP contribution is 2.42. The number of likely N-dealkylation sites (tertiary alicyclic amines) is 1. The minimum atomic E-state index is -0.325. The fourth-order valence-corrected chi connectivity index (χ4v) is 5.01. The average molecular weight is 407 g/mol. The van der Waals surface area contributed by atoms with Crippen LogP contribution in [0.4, 0.5) is 0 Å². The SMILES string of the molecule is CC(=O)N[C@@]12CCN(C(=O)c3ccc(CCN)cc3)C[C@@H]1[C@@H](c1ccccc1)NC2. The molecule has 2 aliphatic rings. The van der Waals surface area contributed by atoms with Gasteiger partial charge in [0.15, 0.2) is 0 Å². The number of amides is 2. The van der Waals surface area contributed by atoms with Crippen LogP contribution in [0.25, 0.3) is 0 Å². The molecule has 2 aromatic rings. The van der Waals surface area contributed by atoms with Crippen molar-refractivity contribution >= 4 is 11.8 Å². The van der Waals surface area contributed by atoms with Gasteiger partial charge in [-0.05, 0) is 42.6 Å². The van der Waals surface area contributed by atoms with Crippen LogP contribution < -0.4 is 16.4 Å². The minimum Gasteiger partial charge on any atom is -0.349 e. The summed E-state index contributed by atoms with van der Waals surface area (Å²) in [6.45, 7) is 4.12. The molecule has 0 saturated carbocycles. The number of benzene rings is 2. The second kappa shape index (κ2) is 8.58. The summed E-state index contributed by atoms with van der Waals surface area (Å²) in [6, 6.07) is 18.1. The van der Waals surface area contributed by atoms with Crippen LogP contribution in [-0.4, -0.2) is 48.4 Å². The van der Waals surface area contributed by atoms with E-state index in [0.717, 1.165) is 18.4 Å². The predicted octanol–water partition coefficient (Wildman–Crippen LogP) is 1.87. The van der Waals surface area contributed by atoms with Crippen molar-refractivity contribution in [3.63, 3.8) is 0 Å². The van der Waals surface area contributed by atoms with Gasteiger partial charge in [0.1, 0.15) is 0 Å². The van der Waals surface area contributed by atoms with E-state index in [1.807, 2.05) is 47.4 Å². The molecule has 4 rings (SSSR count). The molecule has 2 saturated heterocycles. The molecule has 30 heavy (non-hydrogen) atoms. The van der Waals surface area contributed by atoms with E-state index in [-0.39, 0.29) is 29.3 Å². The first-order valence-corrected chi connectivity index (χ1v) is 10.7. The molecule has 3 atom stereocenters. The summed E-state index contributed by atoms with van der Waals surface area (Å²) in [7, 11) is 0. The smallest absolute Gasteiger partial charge is 0.253 e. The van der Waals surface area contributed by atoms with Gasteiger partial charge in [-0.2, -0.15) is 0 Å². The van der Waals surface area contributed by atoms with Gasteiger partial charge < -0.3 is 21.3 Å². The van der Waals surface area contributed by atoms with Crippen molar-refractivity contribution < 1.29 is 9.59 Å². The zero-order valence-corrected chi connectivity index (χ0v) is 17.4. The molecule has 4 N–H and O–H groups in total. The Hall–Kier alpha value is -2.70. The van der Waals surface area contributed by atoms with Crippen LogP contribution in [0.3, 0.4) is 0 Å². The molecule has 0 unspecified atom stereocenters. The number of hydrogen-bond donors (Lipinski definition) is 3. The quantitative estimate of drug-likeness (QED) is 0.707. The van der Waals surface area contributed by atoms with Gasteiger partial charge in [0.2, 0.25) is 5.91 Å². The van der Waals surface area contributed by atoms with E-state index >= 15 is 0 Å². The van der Waals surface area contributed by atoms with E-state index in [1.54, 1.807) is 6.92 Å². The van der Waals surface area contributed by atoms with Gasteiger partial charge in [-0.1, -0.05) is 42.5 Å². The van der Waals surface area contributed by atoms with E-state index < -0.39 is 0 Å². The zero-order chi connectivity index (χ0) is 21.1. The van der Waals surface area contributed by atoms with Crippen molar-refractivity contribution in [1.29, 1.82) is 0 Å². The molecule has 6 nitrogen and oxygen atoms in total. The van der Waals surface area contributed by atoms with Crippen LogP contribution in [-0.2, 0) is 11.2 Å². The van der Waals surface area contributed by atoms with Crippen LogP contribution in [0, 0.1) is 5.92 Å². The third kappa shape index (κ3) is 3.98. The monoisotopic (exact) mass is 406 g/mol. The summed E-state index contributed by atoms with van der Waals surface area (Å²) in [6.07, 6.45) is 1.55. The largest absolute Gasteiger partial charge is 0.349 e. The van der Waals surface area contributed by atoms with E-state index in [2.05, 4.69) is 22.8 Å². The summed E-state index contributed by atoms with van der Waals surface area (Å²) in [5.41, 5.74) is 8.33. The number of fused-ring (bicyclic) bond motifs is 1. The first kappa shape index (κ1) is 20.6. The maximum atomic E-state index is 13.2. The highest BCUT2D eigenvalue weighted by atomic mass is 16.2. The van der Waals surface area contributed by atoms with Crippen molar-refractivity contribution in [3.8, 4) is 0 Å². The van der Waals surface area contributed by atoms with Gasteiger partial charge in [0, 0.05) is 44.1 Å². The first-order valence-electron chi connectivity index (χ1n) is 10.7. The first-order chi connectivity index (χ1) is 14.5. The van der Waals surface area contributed by atoms with Crippen molar-refractivity contribution in [1.82, 2.24) is 15.5 Å². The van der Waals surface area contributed by atoms with Gasteiger partial charge in [-0.3, -0.25) is 9.59 Å². The molecule has 2 amide bonds. The lowest BCUT2D eigenvalue weighted by atomic mass is 9.75. The number of piperidine rings is 1. The number of nitrogens with zero attached hydrogens (tertiary/aromatic N) is 1. The molecule has 2 aliphatic heterocycles. The Morgan fingerprint density at radius 1 is 1.17 bits per heavy atom. The number of hydrogen-bond acceptors (Lipinski definition) is 4. The van der Waals surface area contributed by atoms with Gasteiger partial charge in [-0.15, -0.1) is 0 Å². The Morgan fingerprint density at radius 2 is 1.90 bits per heavy atom. The van der Waals surface area contributed by atoms with E-state index in [9.17, 15) is 9.59 Å². The summed E-state index contributed by atoms with van der Waals surface area (Å²) >= 11 is 0. The maximum Gasteiger partial charge on any atom is 0.253 e. The topological polar surface area (TPSA) is 87.5 Å². The molecule has 0 aromatic heterocycles. The van der Waals surface area contributed by atoms with Gasteiger partial charge in [-0.25, -0.2) is 0 Å². The summed E-state index contributed by atoms with van der Waals surface area (Å²) in [5.74, 6) is 0.133. The molecule has 0 spiro atoms. The lowest BCUT2D eigenvalue weighted by molar-refractivity contribution is -0.121. The Bertz CT molecular complexity index is 899. The van der Waals surface area contributed by atoms with Gasteiger partial charge >= 0.3 is 0 Å². The number of carbonyl (C=O) groups is 2. The van der Waals surface area contributed by atoms with E-state index in [0.29, 0.717) is 31.7 Å². The minimum absolute atomic E-state index is 0.0224. The molecule has 2 heterocycles. The van der Waals surface area contributed by atoms with Crippen LogP contribution in [0.2, 0.25) is 0 Å². The number of carbonyl (C=O) groups excluding carboxylic acids is 2. The van der Waals surface area contributed by atoms with Crippen molar-refractivity contribution in [2.75, 3.05) is 26.2 Å². The van der Waals surface area contributed by atoms with Crippen molar-refractivity contribution in [3.05, 3.63) is 71.3 Å². The molecule has 6 heteroatoms. The highest BCUT2D eigenvalue weighted by Gasteiger charge is 2.52. The molecule has 0 radical (unpaired) electrons. The third-order valence-corrected chi connectivity index (χ3v) is 6.50. The van der Waals surface area contributed by atoms with Gasteiger partial charge in [0.25, 0.3) is 5.91 Å². The summed E-state index contributed by atoms with van der Waals surface area (Å²) < 4.78 is 0. The lowest BCUT2D eigenvalue weighted by Crippen LogP contribution is -2.61. The zero-order valence-electron chi connectivity index (χ0n) is 17.4. The third-order valence-electron chi connectivity index (χ3n) is 6.50. The molecule has 2 fully saturated rings. The Labute approximate surface area is 177 Å². The molecule has 0 aliphatic carbocycles. The van der Waals surface area contributed by atoms with Crippen LogP contribution in [0.15, 0.2) is 54.6 Å². The van der Waals surface area contributed by atoms with Crippen LogP contribution >= 0.6 is 0 Å². The fourth-order valence-electron chi connectivity index (χ4n) is 5.01. The maximum absolute atomic E-state index is 13.2. The fraction of sp³-hybridized carbons (Fsp3) is 0.417. The average Bonchev–Trinajstić information content (AvgIpc) is 3.12.